The number of nitriles is 1. The predicted molar refractivity (Wildman–Crippen MR) is 62.4 cm³/mol. The van der Waals surface area contributed by atoms with Crippen molar-refractivity contribution in [3.05, 3.63) is 6.33 Å². The fourth-order valence-electron chi connectivity index (χ4n) is 1.41. The molecule has 0 aliphatic heterocycles. The zero-order valence-electron chi connectivity index (χ0n) is 9.74. The van der Waals surface area contributed by atoms with Gasteiger partial charge in [-0.15, -0.1) is 0 Å². The summed E-state index contributed by atoms with van der Waals surface area (Å²) in [5.74, 6) is -0.328. The number of aromatic nitrogens is 4. The van der Waals surface area contributed by atoms with Gasteiger partial charge in [0.05, 0.1) is 19.0 Å². The molecule has 0 spiro atoms. The molecule has 94 valence electrons. The highest BCUT2D eigenvalue weighted by atomic mass is 16.5. The lowest BCUT2D eigenvalue weighted by Gasteiger charge is -2.08. The van der Waals surface area contributed by atoms with Crippen LogP contribution in [0.25, 0.3) is 11.2 Å². The number of aryl methyl sites for hydroxylation is 1. The van der Waals surface area contributed by atoms with Crippen LogP contribution in [0.3, 0.4) is 0 Å². The van der Waals surface area contributed by atoms with Gasteiger partial charge < -0.3 is 20.1 Å². The van der Waals surface area contributed by atoms with E-state index in [1.54, 1.807) is 17.9 Å². The third kappa shape index (κ3) is 2.16. The van der Waals surface area contributed by atoms with Gasteiger partial charge in [-0.2, -0.15) is 15.2 Å². The molecule has 0 radical (unpaired) electrons. The molecule has 8 nitrogen and oxygen atoms in total. The Morgan fingerprint density at radius 3 is 3.06 bits per heavy atom. The van der Waals surface area contributed by atoms with Crippen LogP contribution < -0.4 is 10.5 Å². The summed E-state index contributed by atoms with van der Waals surface area (Å²) in [5.41, 5.74) is 6.59. The first-order chi connectivity index (χ1) is 8.65. The molecule has 2 aromatic rings. The van der Waals surface area contributed by atoms with Gasteiger partial charge in [0.25, 0.3) is 0 Å². The highest BCUT2D eigenvalue weighted by Gasteiger charge is 2.14. The molecule has 2 aromatic heterocycles. The van der Waals surface area contributed by atoms with E-state index in [-0.39, 0.29) is 25.0 Å². The first-order valence-corrected chi connectivity index (χ1v) is 5.23. The monoisotopic (exact) mass is 248 g/mol. The third-order valence-electron chi connectivity index (χ3n) is 2.37. The smallest absolute Gasteiger partial charge is 0.247 e. The average molecular weight is 248 g/mol. The second-order valence-electron chi connectivity index (χ2n) is 3.73. The van der Waals surface area contributed by atoms with Gasteiger partial charge in [-0.25, -0.2) is 4.98 Å². The number of imidazole rings is 1. The zero-order chi connectivity index (χ0) is 13.1. The number of ether oxygens (including phenoxy) is 1. The number of fused-ring (bicyclic) bond motifs is 1. The van der Waals surface area contributed by atoms with E-state index in [0.717, 1.165) is 0 Å². The van der Waals surface area contributed by atoms with Crippen LogP contribution in [-0.2, 0) is 7.05 Å². The minimum atomic E-state index is -0.611. The van der Waals surface area contributed by atoms with Crippen LogP contribution in [0.15, 0.2) is 6.33 Å². The van der Waals surface area contributed by atoms with E-state index in [9.17, 15) is 0 Å². The molecule has 1 unspecified atom stereocenters. The molecule has 2 heterocycles. The molecule has 0 saturated carbocycles. The Morgan fingerprint density at radius 1 is 1.61 bits per heavy atom. The summed E-state index contributed by atoms with van der Waals surface area (Å²) in [6.45, 7) is -0.252. The van der Waals surface area contributed by atoms with Crippen molar-refractivity contribution in [1.82, 2.24) is 19.5 Å². The van der Waals surface area contributed by atoms with Crippen molar-refractivity contribution < 1.29 is 9.84 Å². The number of hydrogen-bond acceptors (Lipinski definition) is 7. The number of anilines is 1. The van der Waals surface area contributed by atoms with Crippen molar-refractivity contribution >= 4 is 17.1 Å². The standard InChI is InChI=1S/C10H12N6O2/c1-16-5-13-7-8(16)14-10(12)15-9(7)18-4-6(2-11)3-17/h5-6,17H,3-4H2,1H3,(H2,12,14,15). The van der Waals surface area contributed by atoms with Crippen LogP contribution in [-0.4, -0.2) is 37.8 Å². The second-order valence-corrected chi connectivity index (χ2v) is 3.73. The van der Waals surface area contributed by atoms with E-state index in [2.05, 4.69) is 15.0 Å². The maximum atomic E-state index is 8.90. The van der Waals surface area contributed by atoms with Crippen LogP contribution in [0.5, 0.6) is 5.88 Å². The molecule has 18 heavy (non-hydrogen) atoms. The van der Waals surface area contributed by atoms with Gasteiger partial charge >= 0.3 is 0 Å². The SMILES string of the molecule is Cn1cnc2c(OCC(C#N)CO)nc(N)nc21. The average Bonchev–Trinajstić information content (AvgIpc) is 2.72. The fraction of sp³-hybridized carbons (Fsp3) is 0.400. The normalized spacial score (nSPS) is 12.3. The van der Waals surface area contributed by atoms with Crippen molar-refractivity contribution in [2.75, 3.05) is 18.9 Å². The van der Waals surface area contributed by atoms with Crippen LogP contribution >= 0.6 is 0 Å². The summed E-state index contributed by atoms with van der Waals surface area (Å²) < 4.78 is 7.06. The van der Waals surface area contributed by atoms with E-state index >= 15 is 0 Å². The third-order valence-corrected chi connectivity index (χ3v) is 2.37. The van der Waals surface area contributed by atoms with Crippen LogP contribution in [0.4, 0.5) is 5.95 Å². The van der Waals surface area contributed by atoms with E-state index in [1.807, 2.05) is 6.07 Å². The lowest BCUT2D eigenvalue weighted by Crippen LogP contribution is -2.15. The quantitative estimate of drug-likeness (QED) is 0.744. The first kappa shape index (κ1) is 12.1. The van der Waals surface area contributed by atoms with Crippen LogP contribution in [0.1, 0.15) is 0 Å². The summed E-state index contributed by atoms with van der Waals surface area (Å²) in [6.07, 6.45) is 1.57. The van der Waals surface area contributed by atoms with Gasteiger partial charge in [0.2, 0.25) is 11.8 Å². The molecule has 2 rings (SSSR count). The number of nitrogen functional groups attached to an aromatic ring is 1. The highest BCUT2D eigenvalue weighted by molar-refractivity contribution is 5.77. The molecule has 3 N–H and O–H groups in total. The largest absolute Gasteiger partial charge is 0.474 e. The summed E-state index contributed by atoms with van der Waals surface area (Å²) >= 11 is 0. The molecule has 0 amide bonds. The Kier molecular flexibility index (Phi) is 3.25. The Balaban J connectivity index is 2.30. The predicted octanol–water partition coefficient (Wildman–Crippen LogP) is -0.544. The maximum Gasteiger partial charge on any atom is 0.247 e. The number of aliphatic hydroxyl groups excluding tert-OH is 1. The zero-order valence-corrected chi connectivity index (χ0v) is 9.74. The van der Waals surface area contributed by atoms with Gasteiger partial charge in [0.1, 0.15) is 12.5 Å². The van der Waals surface area contributed by atoms with Crippen molar-refractivity contribution in [2.45, 2.75) is 0 Å². The molecule has 0 saturated heterocycles. The van der Waals surface area contributed by atoms with E-state index in [0.29, 0.717) is 11.2 Å². The topological polar surface area (TPSA) is 123 Å². The van der Waals surface area contributed by atoms with Crippen molar-refractivity contribution in [3.63, 3.8) is 0 Å². The van der Waals surface area contributed by atoms with Gasteiger partial charge in [0, 0.05) is 7.05 Å². The number of nitrogens with zero attached hydrogens (tertiary/aromatic N) is 5. The molecule has 8 heteroatoms. The van der Waals surface area contributed by atoms with Crippen molar-refractivity contribution in [1.29, 1.82) is 5.26 Å². The van der Waals surface area contributed by atoms with E-state index in [1.165, 1.54) is 0 Å². The molecule has 1 atom stereocenters. The second kappa shape index (κ2) is 4.85. The minimum absolute atomic E-state index is 0.0229. The first-order valence-electron chi connectivity index (χ1n) is 5.23. The van der Waals surface area contributed by atoms with Gasteiger partial charge in [-0.1, -0.05) is 0 Å². The Hall–Kier alpha value is -2.40. The molecular formula is C10H12N6O2. The number of nitrogens with two attached hydrogens (primary N) is 1. The minimum Gasteiger partial charge on any atom is -0.474 e. The van der Waals surface area contributed by atoms with Crippen molar-refractivity contribution in [2.24, 2.45) is 13.0 Å². The Bertz CT molecular complexity index is 602. The molecule has 0 aromatic carbocycles. The molecular weight excluding hydrogens is 236 g/mol. The molecule has 0 bridgehead atoms. The highest BCUT2D eigenvalue weighted by Crippen LogP contribution is 2.21. The van der Waals surface area contributed by atoms with E-state index < -0.39 is 5.92 Å². The van der Waals surface area contributed by atoms with Crippen LogP contribution in [0, 0.1) is 17.2 Å². The lowest BCUT2D eigenvalue weighted by atomic mass is 10.2. The number of rotatable bonds is 4. The molecule has 0 aliphatic carbocycles. The van der Waals surface area contributed by atoms with Gasteiger partial charge in [-0.05, 0) is 0 Å². The maximum absolute atomic E-state index is 8.90. The summed E-state index contributed by atoms with van der Waals surface area (Å²) in [6, 6.07) is 1.91. The Labute approximate surface area is 103 Å². The lowest BCUT2D eigenvalue weighted by molar-refractivity contribution is 0.192. The van der Waals surface area contributed by atoms with Crippen LogP contribution in [0.2, 0.25) is 0 Å². The van der Waals surface area contributed by atoms with E-state index in [4.69, 9.17) is 20.8 Å². The van der Waals surface area contributed by atoms with Gasteiger partial charge in [-0.3, -0.25) is 0 Å². The number of aliphatic hydroxyl groups is 1. The fourth-order valence-corrected chi connectivity index (χ4v) is 1.41. The molecule has 0 fully saturated rings. The summed E-state index contributed by atoms with van der Waals surface area (Å²) in [4.78, 5) is 12.1. The summed E-state index contributed by atoms with van der Waals surface area (Å²) in [7, 11) is 1.78. The Morgan fingerprint density at radius 2 is 2.39 bits per heavy atom. The summed E-state index contributed by atoms with van der Waals surface area (Å²) in [5, 5.41) is 17.6. The van der Waals surface area contributed by atoms with Crippen molar-refractivity contribution in [3.8, 4) is 11.9 Å². The number of hydrogen-bond donors (Lipinski definition) is 2. The molecule has 0 aliphatic rings. The van der Waals surface area contributed by atoms with Gasteiger partial charge in [0.15, 0.2) is 11.2 Å².